The van der Waals surface area contributed by atoms with Gasteiger partial charge in [-0.25, -0.2) is 0 Å². The summed E-state index contributed by atoms with van der Waals surface area (Å²) in [6.07, 6.45) is 4.52. The maximum Gasteiger partial charge on any atom is 0.154 e. The van der Waals surface area contributed by atoms with Gasteiger partial charge in [0.05, 0.1) is 18.1 Å². The minimum atomic E-state index is 0.0405. The smallest absolute Gasteiger partial charge is 0.154 e. The van der Waals surface area contributed by atoms with Gasteiger partial charge in [-0.1, -0.05) is 39.3 Å². The molecule has 0 spiro atoms. The molecule has 1 atom stereocenters. The predicted molar refractivity (Wildman–Crippen MR) is 95.6 cm³/mol. The second-order valence-electron chi connectivity index (χ2n) is 7.63. The average Bonchev–Trinajstić information content (AvgIpc) is 2.25. The van der Waals surface area contributed by atoms with E-state index in [2.05, 4.69) is 61.1 Å². The first-order valence-electron chi connectivity index (χ1n) is 7.55. The molecule has 21 heavy (non-hydrogen) atoms. The van der Waals surface area contributed by atoms with E-state index in [1.165, 1.54) is 17.1 Å². The zero-order chi connectivity index (χ0) is 16.7. The fraction of sp³-hybridized carbons (Fsp3) is 0.722. The summed E-state index contributed by atoms with van der Waals surface area (Å²) in [5.74, 6) is 1.40. The lowest BCUT2D eigenvalue weighted by atomic mass is 9.76. The van der Waals surface area contributed by atoms with Crippen molar-refractivity contribution in [3.05, 3.63) is 29.7 Å². The first-order chi connectivity index (χ1) is 9.49. The van der Waals surface area contributed by atoms with Crippen LogP contribution < -0.4 is 0 Å². The van der Waals surface area contributed by atoms with Crippen LogP contribution in [-0.4, -0.2) is 13.7 Å². The number of hydrogen-bond acceptors (Lipinski definition) is 2. The molecule has 0 aliphatic carbocycles. The van der Waals surface area contributed by atoms with Crippen molar-refractivity contribution in [3.8, 4) is 0 Å². The topological polar surface area (TPSA) is 18.5 Å². The summed E-state index contributed by atoms with van der Waals surface area (Å²) in [5, 5.41) is 0. The van der Waals surface area contributed by atoms with Crippen molar-refractivity contribution in [2.75, 3.05) is 13.7 Å². The largest absolute Gasteiger partial charge is 0.340 e. The van der Waals surface area contributed by atoms with Crippen LogP contribution >= 0.6 is 9.03 Å². The molecular weight excluding hydrogens is 279 g/mol. The lowest BCUT2D eigenvalue weighted by Gasteiger charge is -2.27. The second kappa shape index (κ2) is 8.98. The minimum absolute atomic E-state index is 0.0405. The van der Waals surface area contributed by atoms with Crippen LogP contribution in [0.4, 0.5) is 0 Å². The Morgan fingerprint density at radius 1 is 1.24 bits per heavy atom. The molecule has 0 rings (SSSR count). The maximum absolute atomic E-state index is 5.52. The predicted octanol–water partition coefficient (Wildman–Crippen LogP) is 6.11. The molecule has 0 aromatic heterocycles. The molecule has 0 aliphatic heterocycles. The van der Waals surface area contributed by atoms with Gasteiger partial charge in [0.15, 0.2) is 9.03 Å². The Labute approximate surface area is 134 Å². The van der Waals surface area contributed by atoms with Crippen molar-refractivity contribution in [1.82, 2.24) is 0 Å². The molecule has 1 unspecified atom stereocenters. The van der Waals surface area contributed by atoms with E-state index in [1.807, 2.05) is 0 Å². The summed E-state index contributed by atoms with van der Waals surface area (Å²) in [5.41, 5.74) is 2.91. The van der Waals surface area contributed by atoms with Gasteiger partial charge in [-0.15, -0.1) is 0 Å². The van der Waals surface area contributed by atoms with E-state index in [1.54, 1.807) is 7.11 Å². The Balaban J connectivity index is 4.59. The Bertz CT molecular complexity index is 356. The Hall–Kier alpha value is -0.300. The molecular formula is C18H34O2P+. The lowest BCUT2D eigenvalue weighted by Crippen LogP contribution is -2.18. The van der Waals surface area contributed by atoms with Crippen molar-refractivity contribution < 1.29 is 9.05 Å². The summed E-state index contributed by atoms with van der Waals surface area (Å²) in [6, 6.07) is 0. The highest BCUT2D eigenvalue weighted by Gasteiger charge is 2.27. The van der Waals surface area contributed by atoms with Crippen LogP contribution in [0.2, 0.25) is 0 Å². The molecule has 0 amide bonds. The molecule has 0 heterocycles. The zero-order valence-electron chi connectivity index (χ0n) is 15.2. The van der Waals surface area contributed by atoms with Crippen LogP contribution in [0.15, 0.2) is 23.8 Å². The van der Waals surface area contributed by atoms with Gasteiger partial charge >= 0.3 is 0 Å². The van der Waals surface area contributed by atoms with E-state index in [-0.39, 0.29) is 19.9 Å². The third-order valence-corrected chi connectivity index (χ3v) is 3.88. The third kappa shape index (κ3) is 10.1. The van der Waals surface area contributed by atoms with Crippen LogP contribution in [0.25, 0.3) is 0 Å². The fourth-order valence-corrected chi connectivity index (χ4v) is 3.27. The van der Waals surface area contributed by atoms with Crippen LogP contribution in [0, 0.1) is 16.7 Å². The molecule has 0 saturated heterocycles. The van der Waals surface area contributed by atoms with E-state index in [9.17, 15) is 0 Å². The number of hydrogen-bond donors (Lipinski definition) is 0. The van der Waals surface area contributed by atoms with Crippen LogP contribution in [0.5, 0.6) is 0 Å². The Kier molecular flexibility index (Phi) is 8.85. The third-order valence-electron chi connectivity index (χ3n) is 3.45. The molecule has 0 saturated carbocycles. The Morgan fingerprint density at radius 3 is 2.29 bits per heavy atom. The van der Waals surface area contributed by atoms with E-state index in [0.29, 0.717) is 6.61 Å². The van der Waals surface area contributed by atoms with E-state index >= 15 is 0 Å². The molecule has 0 radical (unpaired) electrons. The highest BCUT2D eigenvalue weighted by atomic mass is 31.1. The van der Waals surface area contributed by atoms with E-state index in [4.69, 9.17) is 9.05 Å². The van der Waals surface area contributed by atoms with Gasteiger partial charge in [0.1, 0.15) is 0 Å². The molecule has 2 nitrogen and oxygen atoms in total. The van der Waals surface area contributed by atoms with Crippen LogP contribution in [-0.2, 0) is 9.05 Å². The normalized spacial score (nSPS) is 14.0. The number of allylic oxidation sites excluding steroid dienone is 2. The molecule has 0 aromatic rings. The molecule has 0 fully saturated rings. The van der Waals surface area contributed by atoms with Gasteiger partial charge in [-0.05, 0) is 25.7 Å². The molecule has 0 bridgehead atoms. The van der Waals surface area contributed by atoms with Gasteiger partial charge in [0.2, 0.25) is 0 Å². The maximum atomic E-state index is 5.52. The van der Waals surface area contributed by atoms with Gasteiger partial charge in [-0.2, -0.15) is 0 Å². The summed E-state index contributed by atoms with van der Waals surface area (Å²) >= 11 is 0. The van der Waals surface area contributed by atoms with Gasteiger partial charge in [0, 0.05) is 32.4 Å². The fourth-order valence-electron chi connectivity index (χ4n) is 2.72. The first kappa shape index (κ1) is 20.7. The second-order valence-corrected chi connectivity index (χ2v) is 8.50. The van der Waals surface area contributed by atoms with Gasteiger partial charge in [-0.3, -0.25) is 0 Å². The molecule has 0 aliphatic rings. The summed E-state index contributed by atoms with van der Waals surface area (Å²) in [6.45, 7) is 20.3. The quantitative estimate of drug-likeness (QED) is 0.210. The van der Waals surface area contributed by atoms with E-state index < -0.39 is 0 Å². The molecule has 3 heteroatoms. The van der Waals surface area contributed by atoms with Crippen molar-refractivity contribution >= 4 is 9.03 Å². The van der Waals surface area contributed by atoms with Gasteiger partial charge < -0.3 is 9.05 Å². The number of rotatable bonds is 10. The molecule has 0 N–H and O–H groups in total. The zero-order valence-corrected chi connectivity index (χ0v) is 16.2. The van der Waals surface area contributed by atoms with Crippen molar-refractivity contribution in [2.45, 2.75) is 61.3 Å². The molecule has 122 valence electrons. The van der Waals surface area contributed by atoms with Crippen LogP contribution in [0.3, 0.4) is 0 Å². The monoisotopic (exact) mass is 313 g/mol. The average molecular weight is 313 g/mol. The first-order valence-corrected chi connectivity index (χ1v) is 8.37. The summed E-state index contributed by atoms with van der Waals surface area (Å²) in [4.78, 5) is 0. The SMILES string of the molecule is C=C(C)[C+](C)CC(C)(C)C/C(C)=C/C(C)(C)COPOC. The van der Waals surface area contributed by atoms with E-state index in [0.717, 1.165) is 12.8 Å². The van der Waals surface area contributed by atoms with Crippen LogP contribution in [0.1, 0.15) is 61.3 Å². The highest BCUT2D eigenvalue weighted by Crippen LogP contribution is 2.36. The Morgan fingerprint density at radius 2 is 1.81 bits per heavy atom. The summed E-state index contributed by atoms with van der Waals surface area (Å²) < 4.78 is 10.5. The highest BCUT2D eigenvalue weighted by molar-refractivity contribution is 7.26. The van der Waals surface area contributed by atoms with Crippen molar-refractivity contribution in [1.29, 1.82) is 0 Å². The molecule has 0 aromatic carbocycles. The minimum Gasteiger partial charge on any atom is -0.340 e. The van der Waals surface area contributed by atoms with Crippen molar-refractivity contribution in [2.24, 2.45) is 10.8 Å². The standard InChI is InChI=1S/C18H34O2P/c1-14(2)16(4)12-17(5,6)10-15(3)11-18(7,8)13-20-21-19-9/h11,21H,1,10,12-13H2,2-9H3/q+1/b15-11+. The van der Waals surface area contributed by atoms with Crippen molar-refractivity contribution in [3.63, 3.8) is 0 Å². The summed E-state index contributed by atoms with van der Waals surface area (Å²) in [7, 11) is 1.79. The van der Waals surface area contributed by atoms with Gasteiger partial charge in [0.25, 0.3) is 0 Å². The lowest BCUT2D eigenvalue weighted by molar-refractivity contribution is 0.219.